The highest BCUT2D eigenvalue weighted by atomic mass is 15.4. The molecule has 0 aliphatic heterocycles. The van der Waals surface area contributed by atoms with Crippen LogP contribution in [0.4, 0.5) is 17.2 Å². The number of hydrogen-bond donors (Lipinski definition) is 3. The molecule has 0 aliphatic rings. The average Bonchev–Trinajstić information content (AvgIpc) is 2.60. The van der Waals surface area contributed by atoms with Crippen molar-refractivity contribution in [3.8, 4) is 5.82 Å². The molecule has 80 valence electrons. The standard InChI is InChI=1S/C8H13N7/c1-4-6(10)8(14(2)13-4)15-7(11)5(9)3-12-15/h3H,9-11H2,1-2H3. The van der Waals surface area contributed by atoms with Gasteiger partial charge in [-0.2, -0.15) is 14.9 Å². The molecule has 0 saturated carbocycles. The van der Waals surface area contributed by atoms with Gasteiger partial charge >= 0.3 is 0 Å². The molecule has 15 heavy (non-hydrogen) atoms. The van der Waals surface area contributed by atoms with Crippen molar-refractivity contribution in [3.05, 3.63) is 11.9 Å². The molecule has 0 bridgehead atoms. The monoisotopic (exact) mass is 207 g/mol. The first-order chi connectivity index (χ1) is 7.02. The Morgan fingerprint density at radius 3 is 2.33 bits per heavy atom. The van der Waals surface area contributed by atoms with Gasteiger partial charge in [-0.05, 0) is 6.92 Å². The van der Waals surface area contributed by atoms with E-state index >= 15 is 0 Å². The first-order valence-electron chi connectivity index (χ1n) is 4.40. The fourth-order valence-corrected chi connectivity index (χ4v) is 1.45. The summed E-state index contributed by atoms with van der Waals surface area (Å²) in [7, 11) is 1.77. The zero-order valence-corrected chi connectivity index (χ0v) is 8.60. The lowest BCUT2D eigenvalue weighted by Crippen LogP contribution is -2.09. The third-order valence-electron chi connectivity index (χ3n) is 2.27. The second-order valence-corrected chi connectivity index (χ2v) is 3.34. The summed E-state index contributed by atoms with van der Waals surface area (Å²) in [6.07, 6.45) is 1.48. The van der Waals surface area contributed by atoms with Gasteiger partial charge in [0.15, 0.2) is 11.6 Å². The van der Waals surface area contributed by atoms with Crippen molar-refractivity contribution in [1.29, 1.82) is 0 Å². The van der Waals surface area contributed by atoms with Crippen molar-refractivity contribution in [3.63, 3.8) is 0 Å². The lowest BCUT2D eigenvalue weighted by Gasteiger charge is -2.05. The van der Waals surface area contributed by atoms with E-state index in [1.54, 1.807) is 11.7 Å². The number of anilines is 3. The molecule has 0 amide bonds. The van der Waals surface area contributed by atoms with Crippen LogP contribution < -0.4 is 17.2 Å². The predicted molar refractivity (Wildman–Crippen MR) is 58.3 cm³/mol. The lowest BCUT2D eigenvalue weighted by atomic mass is 10.4. The van der Waals surface area contributed by atoms with Crippen LogP contribution in [0, 0.1) is 6.92 Å². The number of aryl methyl sites for hydroxylation is 2. The van der Waals surface area contributed by atoms with E-state index in [1.807, 2.05) is 6.92 Å². The lowest BCUT2D eigenvalue weighted by molar-refractivity contribution is 0.698. The van der Waals surface area contributed by atoms with Crippen molar-refractivity contribution in [2.45, 2.75) is 6.92 Å². The van der Waals surface area contributed by atoms with E-state index in [0.717, 1.165) is 5.69 Å². The fourth-order valence-electron chi connectivity index (χ4n) is 1.45. The van der Waals surface area contributed by atoms with Gasteiger partial charge in [-0.1, -0.05) is 0 Å². The number of nitrogens with two attached hydrogens (primary N) is 3. The van der Waals surface area contributed by atoms with Gasteiger partial charge in [0.2, 0.25) is 0 Å². The summed E-state index contributed by atoms with van der Waals surface area (Å²) in [5, 5.41) is 8.22. The smallest absolute Gasteiger partial charge is 0.177 e. The quantitative estimate of drug-likeness (QED) is 0.592. The second kappa shape index (κ2) is 2.91. The van der Waals surface area contributed by atoms with Crippen LogP contribution in [0.1, 0.15) is 5.69 Å². The molecule has 2 rings (SSSR count). The number of hydrogen-bond acceptors (Lipinski definition) is 5. The van der Waals surface area contributed by atoms with E-state index in [4.69, 9.17) is 17.2 Å². The van der Waals surface area contributed by atoms with Gasteiger partial charge in [-0.15, -0.1) is 0 Å². The largest absolute Gasteiger partial charge is 0.394 e. The molecule has 6 N–H and O–H groups in total. The molecule has 0 radical (unpaired) electrons. The Kier molecular flexibility index (Phi) is 1.82. The molecule has 0 aliphatic carbocycles. The molecule has 2 aromatic rings. The van der Waals surface area contributed by atoms with Gasteiger partial charge in [0.05, 0.1) is 23.3 Å². The summed E-state index contributed by atoms with van der Waals surface area (Å²) in [6, 6.07) is 0. The number of aromatic nitrogens is 4. The minimum Gasteiger partial charge on any atom is -0.394 e. The molecule has 0 unspecified atom stereocenters. The summed E-state index contributed by atoms with van der Waals surface area (Å²) in [5.74, 6) is 0.992. The Labute approximate surface area is 86.5 Å². The minimum atomic E-state index is 0.365. The van der Waals surface area contributed by atoms with Crippen molar-refractivity contribution in [1.82, 2.24) is 19.6 Å². The van der Waals surface area contributed by atoms with Crippen LogP contribution >= 0.6 is 0 Å². The first kappa shape index (κ1) is 9.38. The molecule has 0 fully saturated rings. The fraction of sp³-hybridized carbons (Fsp3) is 0.250. The first-order valence-corrected chi connectivity index (χ1v) is 4.40. The molecule has 7 nitrogen and oxygen atoms in total. The molecular formula is C8H13N7. The van der Waals surface area contributed by atoms with E-state index in [1.165, 1.54) is 10.9 Å². The molecule has 0 saturated heterocycles. The van der Waals surface area contributed by atoms with Crippen LogP contribution in [-0.4, -0.2) is 19.6 Å². The van der Waals surface area contributed by atoms with Crippen LogP contribution in [-0.2, 0) is 7.05 Å². The van der Waals surface area contributed by atoms with Crippen LogP contribution in [0.2, 0.25) is 0 Å². The third-order valence-corrected chi connectivity index (χ3v) is 2.27. The van der Waals surface area contributed by atoms with Gasteiger partial charge in [-0.25, -0.2) is 4.68 Å². The van der Waals surface area contributed by atoms with E-state index in [9.17, 15) is 0 Å². The summed E-state index contributed by atoms with van der Waals surface area (Å²) >= 11 is 0. The maximum atomic E-state index is 5.87. The summed E-state index contributed by atoms with van der Waals surface area (Å²) < 4.78 is 3.10. The zero-order chi connectivity index (χ0) is 11.2. The predicted octanol–water partition coefficient (Wildman–Crippen LogP) is -0.339. The minimum absolute atomic E-state index is 0.365. The van der Waals surface area contributed by atoms with E-state index in [2.05, 4.69) is 10.2 Å². The average molecular weight is 207 g/mol. The Morgan fingerprint density at radius 2 is 1.93 bits per heavy atom. The second-order valence-electron chi connectivity index (χ2n) is 3.34. The summed E-state index contributed by atoms with van der Waals surface area (Å²) in [6.45, 7) is 1.82. The Bertz CT molecular complexity index is 507. The summed E-state index contributed by atoms with van der Waals surface area (Å²) in [4.78, 5) is 0. The van der Waals surface area contributed by atoms with Crippen molar-refractivity contribution >= 4 is 17.2 Å². The van der Waals surface area contributed by atoms with Crippen LogP contribution in [0.25, 0.3) is 5.82 Å². The van der Waals surface area contributed by atoms with E-state index in [-0.39, 0.29) is 0 Å². The molecule has 0 spiro atoms. The number of nitrogens with zero attached hydrogens (tertiary/aromatic N) is 4. The Balaban J connectivity index is 2.68. The molecule has 2 aromatic heterocycles. The van der Waals surface area contributed by atoms with Gasteiger partial charge < -0.3 is 17.2 Å². The molecule has 2 heterocycles. The van der Waals surface area contributed by atoms with Crippen molar-refractivity contribution < 1.29 is 0 Å². The van der Waals surface area contributed by atoms with Crippen molar-refractivity contribution in [2.75, 3.05) is 17.2 Å². The van der Waals surface area contributed by atoms with Crippen LogP contribution in [0.3, 0.4) is 0 Å². The van der Waals surface area contributed by atoms with E-state index in [0.29, 0.717) is 23.0 Å². The Morgan fingerprint density at radius 1 is 1.27 bits per heavy atom. The number of rotatable bonds is 1. The van der Waals surface area contributed by atoms with Gasteiger partial charge in [0.1, 0.15) is 0 Å². The molecule has 0 atom stereocenters. The summed E-state index contributed by atoms with van der Waals surface area (Å²) in [5.41, 5.74) is 18.9. The zero-order valence-electron chi connectivity index (χ0n) is 8.60. The molecular weight excluding hydrogens is 194 g/mol. The van der Waals surface area contributed by atoms with Gasteiger partial charge in [-0.3, -0.25) is 0 Å². The van der Waals surface area contributed by atoms with Gasteiger partial charge in [0, 0.05) is 7.05 Å². The highest BCUT2D eigenvalue weighted by molar-refractivity contribution is 5.65. The Hall–Kier alpha value is -2.18. The third kappa shape index (κ3) is 1.20. The number of nitrogen functional groups attached to an aromatic ring is 3. The molecule has 7 heteroatoms. The topological polar surface area (TPSA) is 114 Å². The molecule has 0 aromatic carbocycles. The van der Waals surface area contributed by atoms with Crippen LogP contribution in [0.5, 0.6) is 0 Å². The normalized spacial score (nSPS) is 10.8. The van der Waals surface area contributed by atoms with Crippen LogP contribution in [0.15, 0.2) is 6.20 Å². The van der Waals surface area contributed by atoms with E-state index < -0.39 is 0 Å². The van der Waals surface area contributed by atoms with Gasteiger partial charge in [0.25, 0.3) is 0 Å². The maximum absolute atomic E-state index is 5.87. The highest BCUT2D eigenvalue weighted by Crippen LogP contribution is 2.24. The maximum Gasteiger partial charge on any atom is 0.177 e. The SMILES string of the molecule is Cc1nn(C)c(-n2ncc(N)c2N)c1N. The highest BCUT2D eigenvalue weighted by Gasteiger charge is 2.15. The van der Waals surface area contributed by atoms with Crippen molar-refractivity contribution in [2.24, 2.45) is 7.05 Å².